The maximum absolute atomic E-state index is 13.7. The van der Waals surface area contributed by atoms with Gasteiger partial charge < -0.3 is 5.11 Å². The lowest BCUT2D eigenvalue weighted by Gasteiger charge is -2.12. The first-order valence-electron chi connectivity index (χ1n) is 5.48. The fourth-order valence-corrected chi connectivity index (χ4v) is 3.33. The summed E-state index contributed by atoms with van der Waals surface area (Å²) in [5.41, 5.74) is 0.350. The van der Waals surface area contributed by atoms with Crippen LogP contribution in [0.5, 0.6) is 0 Å². The average molecular weight is 327 g/mol. The Labute approximate surface area is 118 Å². The van der Waals surface area contributed by atoms with Crippen LogP contribution < -0.4 is 0 Å². The molecule has 0 spiro atoms. The summed E-state index contributed by atoms with van der Waals surface area (Å²) in [5.74, 6) is -0.370. The van der Waals surface area contributed by atoms with Crippen molar-refractivity contribution in [2.24, 2.45) is 0 Å². The van der Waals surface area contributed by atoms with Crippen molar-refractivity contribution < 1.29 is 9.50 Å². The molecule has 0 aromatic heterocycles. The van der Waals surface area contributed by atoms with Crippen LogP contribution in [0.4, 0.5) is 4.39 Å². The maximum atomic E-state index is 13.7. The van der Waals surface area contributed by atoms with Gasteiger partial charge in [0, 0.05) is 19.8 Å². The zero-order chi connectivity index (χ0) is 13.1. The fourth-order valence-electron chi connectivity index (χ4n) is 1.67. The summed E-state index contributed by atoms with van der Waals surface area (Å²) in [6, 6.07) is 12.6. The van der Waals surface area contributed by atoms with Gasteiger partial charge in [0.25, 0.3) is 0 Å². The van der Waals surface area contributed by atoms with E-state index in [0.29, 0.717) is 5.56 Å². The minimum Gasteiger partial charge on any atom is -0.389 e. The van der Waals surface area contributed by atoms with Gasteiger partial charge in [0.2, 0.25) is 0 Å². The van der Waals surface area contributed by atoms with Crippen LogP contribution in [0.15, 0.2) is 56.7 Å². The smallest absolute Gasteiger partial charge is 0.130 e. The molecule has 94 valence electrons. The second-order valence-electron chi connectivity index (χ2n) is 3.89. The number of rotatable bonds is 3. The number of benzene rings is 2. The van der Waals surface area contributed by atoms with Gasteiger partial charge in [-0.2, -0.15) is 0 Å². The van der Waals surface area contributed by atoms with Gasteiger partial charge in [0.15, 0.2) is 0 Å². The molecular formula is C14H12BrFOS. The normalized spacial score (nSPS) is 12.4. The average Bonchev–Trinajstić information content (AvgIpc) is 2.28. The lowest BCUT2D eigenvalue weighted by atomic mass is 10.1. The standard InChI is InChI=1S/C14H12BrFOS/c1-9(17)14-12(16)6-3-7-13(14)18-11-5-2-4-10(15)8-11/h2-9,17H,1H3/t9-/m0/s1. The van der Waals surface area contributed by atoms with Gasteiger partial charge in [-0.15, -0.1) is 0 Å². The van der Waals surface area contributed by atoms with Crippen molar-refractivity contribution in [2.45, 2.75) is 22.8 Å². The molecule has 18 heavy (non-hydrogen) atoms. The van der Waals surface area contributed by atoms with E-state index in [-0.39, 0.29) is 5.82 Å². The van der Waals surface area contributed by atoms with Crippen LogP contribution in [-0.4, -0.2) is 5.11 Å². The Morgan fingerprint density at radius 3 is 2.61 bits per heavy atom. The second-order valence-corrected chi connectivity index (χ2v) is 5.92. The van der Waals surface area contributed by atoms with Crippen molar-refractivity contribution in [3.8, 4) is 0 Å². The first kappa shape index (κ1) is 13.6. The quantitative estimate of drug-likeness (QED) is 0.874. The van der Waals surface area contributed by atoms with Gasteiger partial charge in [-0.3, -0.25) is 0 Å². The summed E-state index contributed by atoms with van der Waals surface area (Å²) in [5, 5.41) is 9.66. The molecule has 0 unspecified atom stereocenters. The molecule has 0 bridgehead atoms. The first-order valence-corrected chi connectivity index (χ1v) is 7.09. The molecule has 1 nitrogen and oxygen atoms in total. The summed E-state index contributed by atoms with van der Waals surface area (Å²) in [4.78, 5) is 1.74. The Balaban J connectivity index is 2.37. The van der Waals surface area contributed by atoms with Gasteiger partial charge in [-0.25, -0.2) is 4.39 Å². The number of hydrogen-bond donors (Lipinski definition) is 1. The van der Waals surface area contributed by atoms with E-state index < -0.39 is 6.10 Å². The van der Waals surface area contributed by atoms with Gasteiger partial charge >= 0.3 is 0 Å². The van der Waals surface area contributed by atoms with Gasteiger partial charge in [0.05, 0.1) is 6.10 Å². The van der Waals surface area contributed by atoms with Crippen LogP contribution in [0.1, 0.15) is 18.6 Å². The third-order valence-electron chi connectivity index (χ3n) is 2.45. The second kappa shape index (κ2) is 5.87. The van der Waals surface area contributed by atoms with Crippen LogP contribution in [-0.2, 0) is 0 Å². The Kier molecular flexibility index (Phi) is 4.43. The summed E-state index contributed by atoms with van der Waals surface area (Å²) in [7, 11) is 0. The van der Waals surface area contributed by atoms with Crippen LogP contribution in [0.25, 0.3) is 0 Å². The molecule has 0 saturated heterocycles. The van der Waals surface area contributed by atoms with Gasteiger partial charge in [0.1, 0.15) is 5.82 Å². The first-order chi connectivity index (χ1) is 8.58. The summed E-state index contributed by atoms with van der Waals surface area (Å²) >= 11 is 4.84. The van der Waals surface area contributed by atoms with E-state index in [1.807, 2.05) is 30.3 Å². The Morgan fingerprint density at radius 1 is 1.22 bits per heavy atom. The Bertz CT molecular complexity index is 557. The lowest BCUT2D eigenvalue weighted by molar-refractivity contribution is 0.191. The summed E-state index contributed by atoms with van der Waals surface area (Å²) in [6.07, 6.45) is -0.819. The predicted octanol–water partition coefficient (Wildman–Crippen LogP) is 4.79. The SMILES string of the molecule is C[C@H](O)c1c(F)cccc1Sc1cccc(Br)c1. The number of aliphatic hydroxyl groups excluding tert-OH is 1. The van der Waals surface area contributed by atoms with E-state index in [4.69, 9.17) is 0 Å². The zero-order valence-corrected chi connectivity index (χ0v) is 12.1. The molecule has 2 aromatic carbocycles. The Morgan fingerprint density at radius 2 is 1.94 bits per heavy atom. The van der Waals surface area contributed by atoms with Crippen molar-refractivity contribution in [2.75, 3.05) is 0 Å². The van der Waals surface area contributed by atoms with Crippen molar-refractivity contribution in [1.29, 1.82) is 0 Å². The molecule has 1 N–H and O–H groups in total. The molecule has 0 fully saturated rings. The highest BCUT2D eigenvalue weighted by Gasteiger charge is 2.14. The largest absolute Gasteiger partial charge is 0.389 e. The molecular weight excluding hydrogens is 315 g/mol. The summed E-state index contributed by atoms with van der Waals surface area (Å²) in [6.45, 7) is 1.57. The van der Waals surface area contributed by atoms with E-state index in [9.17, 15) is 9.50 Å². The molecule has 0 aliphatic carbocycles. The van der Waals surface area contributed by atoms with Crippen LogP contribution in [0, 0.1) is 5.82 Å². The van der Waals surface area contributed by atoms with Crippen LogP contribution >= 0.6 is 27.7 Å². The monoisotopic (exact) mass is 326 g/mol. The van der Waals surface area contributed by atoms with Gasteiger partial charge in [-0.05, 0) is 37.3 Å². The molecule has 4 heteroatoms. The fraction of sp³-hybridized carbons (Fsp3) is 0.143. The van der Waals surface area contributed by atoms with E-state index >= 15 is 0 Å². The van der Waals surface area contributed by atoms with Crippen LogP contribution in [0.3, 0.4) is 0 Å². The van der Waals surface area contributed by atoms with Crippen molar-refractivity contribution in [1.82, 2.24) is 0 Å². The van der Waals surface area contributed by atoms with E-state index in [2.05, 4.69) is 15.9 Å². The number of hydrogen-bond acceptors (Lipinski definition) is 2. The molecule has 2 aromatic rings. The number of aliphatic hydroxyl groups is 1. The van der Waals surface area contributed by atoms with Crippen LogP contribution in [0.2, 0.25) is 0 Å². The molecule has 0 heterocycles. The predicted molar refractivity (Wildman–Crippen MR) is 75.3 cm³/mol. The molecule has 0 aliphatic heterocycles. The highest BCUT2D eigenvalue weighted by molar-refractivity contribution is 9.10. The summed E-state index contributed by atoms with van der Waals surface area (Å²) < 4.78 is 14.7. The topological polar surface area (TPSA) is 20.2 Å². The third kappa shape index (κ3) is 3.13. The molecule has 0 aliphatic rings. The van der Waals surface area contributed by atoms with Crippen molar-refractivity contribution in [3.05, 3.63) is 58.3 Å². The van der Waals surface area contributed by atoms with Gasteiger partial charge in [-0.1, -0.05) is 39.8 Å². The number of halogens is 2. The highest BCUT2D eigenvalue weighted by atomic mass is 79.9. The van der Waals surface area contributed by atoms with E-state index in [1.54, 1.807) is 13.0 Å². The van der Waals surface area contributed by atoms with Crippen molar-refractivity contribution in [3.63, 3.8) is 0 Å². The van der Waals surface area contributed by atoms with E-state index in [0.717, 1.165) is 14.3 Å². The molecule has 0 saturated carbocycles. The zero-order valence-electron chi connectivity index (χ0n) is 9.73. The molecule has 2 rings (SSSR count). The highest BCUT2D eigenvalue weighted by Crippen LogP contribution is 2.35. The minimum atomic E-state index is -0.819. The molecule has 1 atom stereocenters. The van der Waals surface area contributed by atoms with Crippen molar-refractivity contribution >= 4 is 27.7 Å². The third-order valence-corrected chi connectivity index (χ3v) is 4.01. The lowest BCUT2D eigenvalue weighted by Crippen LogP contribution is -1.98. The van der Waals surface area contributed by atoms with E-state index in [1.165, 1.54) is 17.8 Å². The maximum Gasteiger partial charge on any atom is 0.130 e. The Hall–Kier alpha value is -0.840. The molecule has 0 radical (unpaired) electrons. The minimum absolute atomic E-state index is 0.350. The molecule has 0 amide bonds.